The summed E-state index contributed by atoms with van der Waals surface area (Å²) in [5.41, 5.74) is 2.07. The summed E-state index contributed by atoms with van der Waals surface area (Å²) in [7, 11) is 0. The van der Waals surface area contributed by atoms with E-state index in [1.165, 1.54) is 38.2 Å². The molecule has 0 aliphatic carbocycles. The number of rotatable bonds is 5. The Balaban J connectivity index is 1.52. The van der Waals surface area contributed by atoms with Crippen molar-refractivity contribution in [3.8, 4) is 0 Å². The molecule has 1 fully saturated rings. The summed E-state index contributed by atoms with van der Waals surface area (Å²) in [5, 5.41) is 3.59. The standard InChI is InChI=1S/C15H22BrN5/c1-2-20-5-3-12(4-6-20)7-17-8-13-9-19-15-10-18-14(16)11-21(13)15/h9-12,17H,2-8H2,1H3. The summed E-state index contributed by atoms with van der Waals surface area (Å²) in [6, 6.07) is 0. The smallest absolute Gasteiger partial charge is 0.155 e. The first-order valence-electron chi connectivity index (χ1n) is 7.67. The first-order chi connectivity index (χ1) is 10.3. The van der Waals surface area contributed by atoms with Crippen LogP contribution >= 0.6 is 15.9 Å². The van der Waals surface area contributed by atoms with Crippen molar-refractivity contribution in [1.29, 1.82) is 0 Å². The van der Waals surface area contributed by atoms with Crippen LogP contribution in [0.5, 0.6) is 0 Å². The van der Waals surface area contributed by atoms with Crippen molar-refractivity contribution < 1.29 is 0 Å². The van der Waals surface area contributed by atoms with E-state index in [-0.39, 0.29) is 0 Å². The van der Waals surface area contributed by atoms with Crippen LogP contribution in [-0.2, 0) is 6.54 Å². The first-order valence-corrected chi connectivity index (χ1v) is 8.46. The van der Waals surface area contributed by atoms with Crippen molar-refractivity contribution in [2.24, 2.45) is 5.92 Å². The number of likely N-dealkylation sites (tertiary alicyclic amines) is 1. The van der Waals surface area contributed by atoms with E-state index in [2.05, 4.69) is 47.4 Å². The lowest BCUT2D eigenvalue weighted by Gasteiger charge is -2.31. The highest BCUT2D eigenvalue weighted by molar-refractivity contribution is 9.10. The average Bonchev–Trinajstić information content (AvgIpc) is 2.90. The van der Waals surface area contributed by atoms with E-state index in [1.54, 1.807) is 6.20 Å². The third-order valence-corrected chi connectivity index (χ3v) is 4.74. The van der Waals surface area contributed by atoms with Gasteiger partial charge in [-0.3, -0.25) is 4.40 Å². The normalized spacial score (nSPS) is 17.6. The van der Waals surface area contributed by atoms with Gasteiger partial charge in [-0.25, -0.2) is 9.97 Å². The van der Waals surface area contributed by atoms with Crippen molar-refractivity contribution in [2.45, 2.75) is 26.3 Å². The first kappa shape index (κ1) is 14.9. The summed E-state index contributed by atoms with van der Waals surface area (Å²) < 4.78 is 2.92. The molecule has 0 unspecified atom stereocenters. The Labute approximate surface area is 133 Å². The van der Waals surface area contributed by atoms with Crippen molar-refractivity contribution in [3.05, 3.63) is 28.9 Å². The fourth-order valence-corrected chi connectivity index (χ4v) is 3.27. The Morgan fingerprint density at radius 1 is 1.29 bits per heavy atom. The van der Waals surface area contributed by atoms with E-state index in [0.717, 1.165) is 29.3 Å². The fraction of sp³-hybridized carbons (Fsp3) is 0.600. The Kier molecular flexibility index (Phi) is 4.87. The summed E-state index contributed by atoms with van der Waals surface area (Å²) in [6.07, 6.45) is 8.30. The number of hydrogen-bond donors (Lipinski definition) is 1. The summed E-state index contributed by atoms with van der Waals surface area (Å²) >= 11 is 3.41. The number of nitrogens with zero attached hydrogens (tertiary/aromatic N) is 4. The summed E-state index contributed by atoms with van der Waals surface area (Å²) in [6.45, 7) is 7.87. The van der Waals surface area contributed by atoms with Gasteiger partial charge in [0.2, 0.25) is 0 Å². The van der Waals surface area contributed by atoms with Crippen molar-refractivity contribution in [1.82, 2.24) is 24.6 Å². The van der Waals surface area contributed by atoms with Crippen LogP contribution in [0.15, 0.2) is 23.2 Å². The zero-order valence-corrected chi connectivity index (χ0v) is 14.0. The second kappa shape index (κ2) is 6.85. The van der Waals surface area contributed by atoms with Gasteiger partial charge in [0.25, 0.3) is 0 Å². The summed E-state index contributed by atoms with van der Waals surface area (Å²) in [4.78, 5) is 11.1. The highest BCUT2D eigenvalue weighted by Gasteiger charge is 2.17. The average molecular weight is 352 g/mol. The second-order valence-corrected chi connectivity index (χ2v) is 6.51. The van der Waals surface area contributed by atoms with Gasteiger partial charge in [-0.15, -0.1) is 0 Å². The quantitative estimate of drug-likeness (QED) is 0.897. The van der Waals surface area contributed by atoms with E-state index in [9.17, 15) is 0 Å². The van der Waals surface area contributed by atoms with Gasteiger partial charge < -0.3 is 10.2 Å². The van der Waals surface area contributed by atoms with Gasteiger partial charge in [0.05, 0.1) is 18.1 Å². The number of hydrogen-bond acceptors (Lipinski definition) is 4. The molecule has 0 atom stereocenters. The highest BCUT2D eigenvalue weighted by Crippen LogP contribution is 2.16. The Hall–Kier alpha value is -0.980. The van der Waals surface area contributed by atoms with Crippen LogP contribution in [0.1, 0.15) is 25.5 Å². The topological polar surface area (TPSA) is 45.5 Å². The van der Waals surface area contributed by atoms with Crippen molar-refractivity contribution in [3.63, 3.8) is 0 Å². The number of aromatic nitrogens is 3. The van der Waals surface area contributed by atoms with Crippen molar-refractivity contribution in [2.75, 3.05) is 26.2 Å². The third kappa shape index (κ3) is 3.62. The van der Waals surface area contributed by atoms with Crippen LogP contribution in [0.3, 0.4) is 0 Å². The monoisotopic (exact) mass is 351 g/mol. The van der Waals surface area contributed by atoms with Gasteiger partial charge in [-0.05, 0) is 60.9 Å². The molecule has 0 aromatic carbocycles. The van der Waals surface area contributed by atoms with Crippen LogP contribution in [0, 0.1) is 5.92 Å². The molecule has 5 nitrogen and oxygen atoms in total. The van der Waals surface area contributed by atoms with Gasteiger partial charge in [0, 0.05) is 12.7 Å². The van der Waals surface area contributed by atoms with E-state index >= 15 is 0 Å². The molecular formula is C15H22BrN5. The van der Waals surface area contributed by atoms with E-state index in [1.807, 2.05) is 12.4 Å². The molecule has 3 rings (SSSR count). The second-order valence-electron chi connectivity index (χ2n) is 5.70. The van der Waals surface area contributed by atoms with Gasteiger partial charge in [0.15, 0.2) is 5.65 Å². The Morgan fingerprint density at radius 3 is 2.86 bits per heavy atom. The number of fused-ring (bicyclic) bond motifs is 1. The molecule has 2 aromatic heterocycles. The van der Waals surface area contributed by atoms with Gasteiger partial charge in [-0.2, -0.15) is 0 Å². The predicted molar refractivity (Wildman–Crippen MR) is 87.2 cm³/mol. The predicted octanol–water partition coefficient (Wildman–Crippen LogP) is 2.31. The van der Waals surface area contributed by atoms with Crippen LogP contribution < -0.4 is 5.32 Å². The molecule has 1 saturated heterocycles. The maximum atomic E-state index is 4.38. The largest absolute Gasteiger partial charge is 0.311 e. The Morgan fingerprint density at radius 2 is 2.10 bits per heavy atom. The lowest BCUT2D eigenvalue weighted by atomic mass is 9.97. The van der Waals surface area contributed by atoms with Gasteiger partial charge >= 0.3 is 0 Å². The van der Waals surface area contributed by atoms with Crippen LogP contribution in [-0.4, -0.2) is 45.4 Å². The van der Waals surface area contributed by atoms with Gasteiger partial charge in [0.1, 0.15) is 4.60 Å². The molecule has 21 heavy (non-hydrogen) atoms. The lowest BCUT2D eigenvalue weighted by molar-refractivity contribution is 0.190. The molecule has 2 aromatic rings. The number of halogens is 1. The highest BCUT2D eigenvalue weighted by atomic mass is 79.9. The SMILES string of the molecule is CCN1CCC(CNCc2cnc3cnc(Br)cn23)CC1. The minimum atomic E-state index is 0.806. The molecule has 0 saturated carbocycles. The molecule has 3 heterocycles. The third-order valence-electron chi connectivity index (χ3n) is 4.33. The van der Waals surface area contributed by atoms with Crippen LogP contribution in [0.4, 0.5) is 0 Å². The molecule has 6 heteroatoms. The zero-order valence-electron chi connectivity index (χ0n) is 12.4. The minimum absolute atomic E-state index is 0.806. The molecule has 0 bridgehead atoms. The molecule has 0 spiro atoms. The maximum absolute atomic E-state index is 4.38. The molecule has 114 valence electrons. The molecule has 1 N–H and O–H groups in total. The van der Waals surface area contributed by atoms with Crippen molar-refractivity contribution >= 4 is 21.6 Å². The van der Waals surface area contributed by atoms with Gasteiger partial charge in [-0.1, -0.05) is 6.92 Å². The molecule has 1 aliphatic rings. The zero-order chi connectivity index (χ0) is 14.7. The van der Waals surface area contributed by atoms with Crippen LogP contribution in [0.25, 0.3) is 5.65 Å². The van der Waals surface area contributed by atoms with E-state index < -0.39 is 0 Å². The van der Waals surface area contributed by atoms with Crippen LogP contribution in [0.2, 0.25) is 0 Å². The number of piperidine rings is 1. The van der Waals surface area contributed by atoms with E-state index in [4.69, 9.17) is 0 Å². The minimum Gasteiger partial charge on any atom is -0.311 e. The number of imidazole rings is 1. The molecule has 0 radical (unpaired) electrons. The molecule has 1 aliphatic heterocycles. The number of nitrogens with one attached hydrogen (secondary N) is 1. The maximum Gasteiger partial charge on any atom is 0.155 e. The molecular weight excluding hydrogens is 330 g/mol. The fourth-order valence-electron chi connectivity index (χ4n) is 2.96. The molecule has 0 amide bonds. The summed E-state index contributed by atoms with van der Waals surface area (Å²) in [5.74, 6) is 0.806. The van der Waals surface area contributed by atoms with E-state index in [0.29, 0.717) is 0 Å². The lowest BCUT2D eigenvalue weighted by Crippen LogP contribution is -2.37. The Bertz CT molecular complexity index is 589.